The summed E-state index contributed by atoms with van der Waals surface area (Å²) in [6, 6.07) is 3.44. The van der Waals surface area contributed by atoms with Gasteiger partial charge in [-0.25, -0.2) is 4.98 Å². The van der Waals surface area contributed by atoms with Gasteiger partial charge in [-0.05, 0) is 19.9 Å². The maximum Gasteiger partial charge on any atom is 0.253 e. The standard InChI is InChI=1S/C11H16N2O3/c1-4-16-10-6-5-9(7-12-10)13-11(14)8(2)15-3/h5-8H,4H2,1-3H3,(H,13,14). The molecule has 88 valence electrons. The van der Waals surface area contributed by atoms with Gasteiger partial charge in [-0.2, -0.15) is 0 Å². The fourth-order valence-electron chi connectivity index (χ4n) is 1.04. The van der Waals surface area contributed by atoms with Crippen LogP contribution >= 0.6 is 0 Å². The van der Waals surface area contributed by atoms with Crippen LogP contribution in [0.3, 0.4) is 0 Å². The summed E-state index contributed by atoms with van der Waals surface area (Å²) in [6.45, 7) is 4.13. The molecule has 0 spiro atoms. The molecule has 1 N–H and O–H groups in total. The summed E-state index contributed by atoms with van der Waals surface area (Å²) in [6.07, 6.45) is 1.07. The van der Waals surface area contributed by atoms with Crippen molar-refractivity contribution in [1.82, 2.24) is 4.98 Å². The Morgan fingerprint density at radius 1 is 1.56 bits per heavy atom. The summed E-state index contributed by atoms with van der Waals surface area (Å²) in [5.41, 5.74) is 0.623. The van der Waals surface area contributed by atoms with Gasteiger partial charge in [0, 0.05) is 13.2 Å². The third-order valence-corrected chi connectivity index (χ3v) is 2.02. The van der Waals surface area contributed by atoms with Crippen LogP contribution in [-0.4, -0.2) is 30.7 Å². The number of rotatable bonds is 5. The maximum atomic E-state index is 11.5. The monoisotopic (exact) mass is 224 g/mol. The van der Waals surface area contributed by atoms with Gasteiger partial charge in [0.2, 0.25) is 5.88 Å². The van der Waals surface area contributed by atoms with E-state index in [4.69, 9.17) is 9.47 Å². The minimum atomic E-state index is -0.480. The smallest absolute Gasteiger partial charge is 0.253 e. The van der Waals surface area contributed by atoms with Gasteiger partial charge in [-0.1, -0.05) is 0 Å². The lowest BCUT2D eigenvalue weighted by atomic mass is 10.3. The largest absolute Gasteiger partial charge is 0.478 e. The number of amides is 1. The van der Waals surface area contributed by atoms with Crippen LogP contribution in [0.5, 0.6) is 5.88 Å². The molecular formula is C11H16N2O3. The second-order valence-electron chi connectivity index (χ2n) is 3.19. The molecule has 0 saturated heterocycles. The average Bonchev–Trinajstić information content (AvgIpc) is 2.31. The molecule has 0 aliphatic rings. The number of nitrogens with zero attached hydrogens (tertiary/aromatic N) is 1. The molecule has 1 unspecified atom stereocenters. The van der Waals surface area contributed by atoms with Crippen molar-refractivity contribution in [3.05, 3.63) is 18.3 Å². The molecule has 0 aliphatic carbocycles. The number of hydrogen-bond acceptors (Lipinski definition) is 4. The first kappa shape index (κ1) is 12.4. The summed E-state index contributed by atoms with van der Waals surface area (Å²) in [5, 5.41) is 2.68. The minimum absolute atomic E-state index is 0.201. The van der Waals surface area contributed by atoms with Crippen molar-refractivity contribution < 1.29 is 14.3 Å². The molecular weight excluding hydrogens is 208 g/mol. The number of hydrogen-bond donors (Lipinski definition) is 1. The first-order valence-corrected chi connectivity index (χ1v) is 5.10. The number of anilines is 1. The lowest BCUT2D eigenvalue weighted by Gasteiger charge is -2.10. The molecule has 0 aliphatic heterocycles. The fourth-order valence-corrected chi connectivity index (χ4v) is 1.04. The highest BCUT2D eigenvalue weighted by Gasteiger charge is 2.11. The molecule has 0 radical (unpaired) electrons. The van der Waals surface area contributed by atoms with E-state index in [1.807, 2.05) is 6.92 Å². The Balaban J connectivity index is 2.58. The van der Waals surface area contributed by atoms with E-state index in [0.29, 0.717) is 18.2 Å². The SMILES string of the molecule is CCOc1ccc(NC(=O)C(C)OC)cn1. The Morgan fingerprint density at radius 3 is 2.81 bits per heavy atom. The van der Waals surface area contributed by atoms with E-state index >= 15 is 0 Å². The van der Waals surface area contributed by atoms with E-state index in [1.54, 1.807) is 25.3 Å². The zero-order chi connectivity index (χ0) is 12.0. The van der Waals surface area contributed by atoms with E-state index in [-0.39, 0.29) is 5.91 Å². The normalized spacial score (nSPS) is 11.9. The topological polar surface area (TPSA) is 60.5 Å². The zero-order valence-corrected chi connectivity index (χ0v) is 9.69. The highest BCUT2D eigenvalue weighted by atomic mass is 16.5. The van der Waals surface area contributed by atoms with Crippen LogP contribution in [0, 0.1) is 0 Å². The van der Waals surface area contributed by atoms with Gasteiger partial charge in [-0.15, -0.1) is 0 Å². The van der Waals surface area contributed by atoms with E-state index in [2.05, 4.69) is 10.3 Å². The first-order chi connectivity index (χ1) is 7.67. The number of nitrogens with one attached hydrogen (secondary N) is 1. The molecule has 1 aromatic heterocycles. The van der Waals surface area contributed by atoms with E-state index in [0.717, 1.165) is 0 Å². The molecule has 1 rings (SSSR count). The number of carbonyl (C=O) groups is 1. The highest BCUT2D eigenvalue weighted by molar-refractivity contribution is 5.93. The predicted molar refractivity (Wildman–Crippen MR) is 60.5 cm³/mol. The van der Waals surface area contributed by atoms with Crippen LogP contribution in [0.25, 0.3) is 0 Å². The van der Waals surface area contributed by atoms with Gasteiger partial charge in [0.25, 0.3) is 5.91 Å². The Labute approximate surface area is 94.8 Å². The molecule has 1 amide bonds. The van der Waals surface area contributed by atoms with Crippen LogP contribution in [0.4, 0.5) is 5.69 Å². The van der Waals surface area contributed by atoms with Gasteiger partial charge in [0.05, 0.1) is 18.5 Å². The molecule has 1 heterocycles. The zero-order valence-electron chi connectivity index (χ0n) is 9.69. The molecule has 0 saturated carbocycles. The van der Waals surface area contributed by atoms with Gasteiger partial charge in [0.15, 0.2) is 0 Å². The van der Waals surface area contributed by atoms with E-state index in [9.17, 15) is 4.79 Å². The van der Waals surface area contributed by atoms with E-state index in [1.165, 1.54) is 7.11 Å². The Bertz CT molecular complexity index is 338. The number of aromatic nitrogens is 1. The van der Waals surface area contributed by atoms with Crippen molar-refractivity contribution >= 4 is 11.6 Å². The van der Waals surface area contributed by atoms with Crippen molar-refractivity contribution in [1.29, 1.82) is 0 Å². The highest BCUT2D eigenvalue weighted by Crippen LogP contribution is 2.11. The lowest BCUT2D eigenvalue weighted by Crippen LogP contribution is -2.26. The van der Waals surface area contributed by atoms with Crippen molar-refractivity contribution in [3.8, 4) is 5.88 Å². The Morgan fingerprint density at radius 2 is 2.31 bits per heavy atom. The third kappa shape index (κ3) is 3.51. The van der Waals surface area contributed by atoms with Crippen LogP contribution in [0.15, 0.2) is 18.3 Å². The van der Waals surface area contributed by atoms with Gasteiger partial charge >= 0.3 is 0 Å². The van der Waals surface area contributed by atoms with Crippen molar-refractivity contribution in [2.24, 2.45) is 0 Å². The molecule has 16 heavy (non-hydrogen) atoms. The van der Waals surface area contributed by atoms with Crippen LogP contribution in [0.2, 0.25) is 0 Å². The summed E-state index contributed by atoms with van der Waals surface area (Å²) >= 11 is 0. The summed E-state index contributed by atoms with van der Waals surface area (Å²) in [4.78, 5) is 15.5. The molecule has 1 aromatic rings. The van der Waals surface area contributed by atoms with Gasteiger partial charge < -0.3 is 14.8 Å². The number of ether oxygens (including phenoxy) is 2. The third-order valence-electron chi connectivity index (χ3n) is 2.02. The molecule has 5 heteroatoms. The predicted octanol–water partition coefficient (Wildman–Crippen LogP) is 1.45. The van der Waals surface area contributed by atoms with E-state index < -0.39 is 6.10 Å². The molecule has 0 fully saturated rings. The average molecular weight is 224 g/mol. The van der Waals surface area contributed by atoms with Crippen molar-refractivity contribution in [3.63, 3.8) is 0 Å². The molecule has 5 nitrogen and oxygen atoms in total. The maximum absolute atomic E-state index is 11.5. The van der Waals surface area contributed by atoms with Gasteiger partial charge in [0.1, 0.15) is 6.10 Å². The molecule has 1 atom stereocenters. The van der Waals surface area contributed by atoms with Crippen molar-refractivity contribution in [2.75, 3.05) is 19.0 Å². The quantitative estimate of drug-likeness (QED) is 0.822. The summed E-state index contributed by atoms with van der Waals surface area (Å²) in [7, 11) is 1.49. The first-order valence-electron chi connectivity index (χ1n) is 5.10. The molecule has 0 aromatic carbocycles. The van der Waals surface area contributed by atoms with Crippen LogP contribution in [-0.2, 0) is 9.53 Å². The number of carbonyl (C=O) groups excluding carboxylic acids is 1. The van der Waals surface area contributed by atoms with Crippen LogP contribution in [0.1, 0.15) is 13.8 Å². The van der Waals surface area contributed by atoms with Crippen molar-refractivity contribution in [2.45, 2.75) is 20.0 Å². The number of pyridine rings is 1. The lowest BCUT2D eigenvalue weighted by molar-refractivity contribution is -0.124. The number of methoxy groups -OCH3 is 1. The fraction of sp³-hybridized carbons (Fsp3) is 0.455. The summed E-state index contributed by atoms with van der Waals surface area (Å²) < 4.78 is 10.1. The van der Waals surface area contributed by atoms with Gasteiger partial charge in [-0.3, -0.25) is 4.79 Å². The minimum Gasteiger partial charge on any atom is -0.478 e. The summed E-state index contributed by atoms with van der Waals surface area (Å²) in [5.74, 6) is 0.341. The Hall–Kier alpha value is -1.62. The Kier molecular flexibility index (Phi) is 4.72. The van der Waals surface area contributed by atoms with Crippen LogP contribution < -0.4 is 10.1 Å². The molecule has 0 bridgehead atoms. The second kappa shape index (κ2) is 6.07. The second-order valence-corrected chi connectivity index (χ2v) is 3.19.